The van der Waals surface area contributed by atoms with Crippen LogP contribution < -0.4 is 5.32 Å². The number of hydrogen-bond donors (Lipinski definition) is 1. The van der Waals surface area contributed by atoms with E-state index in [2.05, 4.69) is 5.32 Å². The molecule has 19 heavy (non-hydrogen) atoms. The van der Waals surface area contributed by atoms with Crippen molar-refractivity contribution in [2.75, 3.05) is 5.32 Å². The first-order valence-electron chi connectivity index (χ1n) is 6.14. The summed E-state index contributed by atoms with van der Waals surface area (Å²) in [5.41, 5.74) is 0.312. The maximum atomic E-state index is 13.0. The molecule has 2 unspecified atom stereocenters. The molecule has 0 amide bonds. The van der Waals surface area contributed by atoms with Crippen molar-refractivity contribution >= 4 is 5.69 Å². The second-order valence-electron chi connectivity index (χ2n) is 4.88. The van der Waals surface area contributed by atoms with Gasteiger partial charge < -0.3 is 5.32 Å². The van der Waals surface area contributed by atoms with E-state index in [0.29, 0.717) is 18.5 Å². The summed E-state index contributed by atoms with van der Waals surface area (Å²) in [4.78, 5) is 0. The molecule has 1 aromatic carbocycles. The second kappa shape index (κ2) is 5.35. The summed E-state index contributed by atoms with van der Waals surface area (Å²) < 4.78 is 63.6. The van der Waals surface area contributed by atoms with Crippen molar-refractivity contribution in [3.05, 3.63) is 29.8 Å². The number of hydrogen-bond acceptors (Lipinski definition) is 1. The highest BCUT2D eigenvalue weighted by Crippen LogP contribution is 2.38. The molecule has 0 bridgehead atoms. The zero-order chi connectivity index (χ0) is 14.0. The van der Waals surface area contributed by atoms with Crippen LogP contribution in [-0.2, 0) is 0 Å². The molecule has 106 valence electrons. The Hall–Kier alpha value is -1.33. The lowest BCUT2D eigenvalue weighted by molar-refractivity contribution is -0.182. The van der Waals surface area contributed by atoms with E-state index in [1.165, 1.54) is 6.07 Å². The van der Waals surface area contributed by atoms with E-state index in [1.54, 1.807) is 0 Å². The molecular weight excluding hydrogens is 265 g/mol. The van der Waals surface area contributed by atoms with Gasteiger partial charge in [-0.25, -0.2) is 8.78 Å². The zero-order valence-corrected chi connectivity index (χ0v) is 10.1. The molecule has 0 saturated heterocycles. The molecule has 1 saturated carbocycles. The Morgan fingerprint density at radius 1 is 1.05 bits per heavy atom. The average Bonchev–Trinajstić information content (AvgIpc) is 2.33. The average molecular weight is 279 g/mol. The molecule has 2 rings (SSSR count). The third-order valence-corrected chi connectivity index (χ3v) is 3.43. The quantitative estimate of drug-likeness (QED) is 0.786. The van der Waals surface area contributed by atoms with Crippen molar-refractivity contribution < 1.29 is 22.0 Å². The Morgan fingerprint density at radius 2 is 1.79 bits per heavy atom. The Balaban J connectivity index is 2.00. The molecule has 0 radical (unpaired) electrons. The third kappa shape index (κ3) is 3.58. The summed E-state index contributed by atoms with van der Waals surface area (Å²) in [6.07, 6.45) is -2.99. The maximum Gasteiger partial charge on any atom is 0.391 e. The van der Waals surface area contributed by atoms with E-state index in [1.807, 2.05) is 0 Å². The highest BCUT2D eigenvalue weighted by atomic mass is 19.4. The number of rotatable bonds is 2. The molecule has 1 N–H and O–H groups in total. The maximum absolute atomic E-state index is 13.0. The first-order valence-corrected chi connectivity index (χ1v) is 6.14. The summed E-state index contributed by atoms with van der Waals surface area (Å²) >= 11 is 0. The molecule has 1 aliphatic carbocycles. The van der Waals surface area contributed by atoms with Gasteiger partial charge in [0.15, 0.2) is 11.6 Å². The van der Waals surface area contributed by atoms with Crippen LogP contribution in [0.25, 0.3) is 0 Å². The summed E-state index contributed by atoms with van der Waals surface area (Å²) in [7, 11) is 0. The van der Waals surface area contributed by atoms with Crippen molar-refractivity contribution in [3.63, 3.8) is 0 Å². The largest absolute Gasteiger partial charge is 0.391 e. The Kier molecular flexibility index (Phi) is 3.96. The number of anilines is 1. The fourth-order valence-corrected chi connectivity index (χ4v) is 2.44. The Morgan fingerprint density at radius 3 is 2.42 bits per heavy atom. The minimum atomic E-state index is -4.19. The third-order valence-electron chi connectivity index (χ3n) is 3.43. The van der Waals surface area contributed by atoms with Gasteiger partial charge in [0.05, 0.1) is 5.92 Å². The summed E-state index contributed by atoms with van der Waals surface area (Å²) in [6.45, 7) is 0. The minimum Gasteiger partial charge on any atom is -0.382 e. The van der Waals surface area contributed by atoms with Crippen molar-refractivity contribution in [3.8, 4) is 0 Å². The van der Waals surface area contributed by atoms with Crippen molar-refractivity contribution in [1.82, 2.24) is 0 Å². The number of alkyl halides is 3. The van der Waals surface area contributed by atoms with Gasteiger partial charge in [0.1, 0.15) is 0 Å². The molecule has 1 aliphatic rings. The highest BCUT2D eigenvalue weighted by molar-refractivity contribution is 5.44. The standard InChI is InChI=1S/C13H14F5N/c14-11-5-4-10(7-12(11)15)19-9-3-1-2-8(6-9)13(16,17)18/h4-5,7-9,19H,1-3,6H2. The smallest absolute Gasteiger partial charge is 0.382 e. The van der Waals surface area contributed by atoms with Crippen LogP contribution in [0.15, 0.2) is 18.2 Å². The van der Waals surface area contributed by atoms with Gasteiger partial charge in [-0.3, -0.25) is 0 Å². The van der Waals surface area contributed by atoms with Gasteiger partial charge in [0.2, 0.25) is 0 Å². The van der Waals surface area contributed by atoms with E-state index < -0.39 is 23.7 Å². The molecular formula is C13H14F5N. The molecule has 6 heteroatoms. The zero-order valence-electron chi connectivity index (χ0n) is 10.1. The summed E-state index contributed by atoms with van der Waals surface area (Å²) in [6, 6.07) is 2.90. The lowest BCUT2D eigenvalue weighted by Gasteiger charge is -2.31. The van der Waals surface area contributed by atoms with Gasteiger partial charge in [-0.2, -0.15) is 13.2 Å². The molecule has 0 aliphatic heterocycles. The lowest BCUT2D eigenvalue weighted by Crippen LogP contribution is -2.34. The topological polar surface area (TPSA) is 12.0 Å². The molecule has 1 fully saturated rings. The fourth-order valence-electron chi connectivity index (χ4n) is 2.44. The predicted octanol–water partition coefficient (Wildman–Crippen LogP) is 4.50. The first kappa shape index (κ1) is 14.1. The van der Waals surface area contributed by atoms with Crippen LogP contribution in [-0.4, -0.2) is 12.2 Å². The number of halogens is 5. The van der Waals surface area contributed by atoms with Crippen molar-refractivity contribution in [1.29, 1.82) is 0 Å². The van der Waals surface area contributed by atoms with Crippen LogP contribution in [0.4, 0.5) is 27.6 Å². The molecule has 2 atom stereocenters. The van der Waals surface area contributed by atoms with Gasteiger partial charge in [0.25, 0.3) is 0 Å². The van der Waals surface area contributed by atoms with Crippen LogP contribution in [0.1, 0.15) is 25.7 Å². The van der Waals surface area contributed by atoms with Crippen LogP contribution in [0.3, 0.4) is 0 Å². The molecule has 1 aromatic rings. The van der Waals surface area contributed by atoms with Gasteiger partial charge in [0, 0.05) is 17.8 Å². The van der Waals surface area contributed by atoms with Crippen molar-refractivity contribution in [2.45, 2.75) is 37.9 Å². The number of nitrogens with one attached hydrogen (secondary N) is 1. The van der Waals surface area contributed by atoms with Crippen LogP contribution in [0.2, 0.25) is 0 Å². The number of benzene rings is 1. The van der Waals surface area contributed by atoms with E-state index >= 15 is 0 Å². The first-order chi connectivity index (χ1) is 8.86. The molecule has 0 spiro atoms. The minimum absolute atomic E-state index is 0.0253. The normalized spacial score (nSPS) is 24.3. The molecule has 1 nitrogen and oxygen atoms in total. The van der Waals surface area contributed by atoms with Gasteiger partial charge in [-0.15, -0.1) is 0 Å². The Bertz CT molecular complexity index is 443. The lowest BCUT2D eigenvalue weighted by atomic mass is 9.85. The Labute approximate surface area is 107 Å². The molecule has 0 aromatic heterocycles. The molecule has 0 heterocycles. The van der Waals surface area contributed by atoms with Gasteiger partial charge >= 0.3 is 6.18 Å². The van der Waals surface area contributed by atoms with Crippen LogP contribution >= 0.6 is 0 Å². The van der Waals surface area contributed by atoms with Crippen molar-refractivity contribution in [2.24, 2.45) is 5.92 Å². The monoisotopic (exact) mass is 279 g/mol. The summed E-state index contributed by atoms with van der Waals surface area (Å²) in [5.74, 6) is -3.29. The summed E-state index contributed by atoms with van der Waals surface area (Å²) in [5, 5.41) is 2.84. The fraction of sp³-hybridized carbons (Fsp3) is 0.538. The van der Waals surface area contributed by atoms with Crippen LogP contribution in [0, 0.1) is 17.6 Å². The van der Waals surface area contributed by atoms with Gasteiger partial charge in [-0.05, 0) is 31.4 Å². The van der Waals surface area contributed by atoms with E-state index in [-0.39, 0.29) is 18.9 Å². The highest BCUT2D eigenvalue weighted by Gasteiger charge is 2.42. The predicted molar refractivity (Wildman–Crippen MR) is 61.8 cm³/mol. The SMILES string of the molecule is Fc1ccc(NC2CCCC(C(F)(F)F)C2)cc1F. The van der Waals surface area contributed by atoms with Gasteiger partial charge in [-0.1, -0.05) is 6.42 Å². The second-order valence-corrected chi connectivity index (χ2v) is 4.88. The van der Waals surface area contributed by atoms with E-state index in [9.17, 15) is 22.0 Å². The van der Waals surface area contributed by atoms with E-state index in [4.69, 9.17) is 0 Å². The van der Waals surface area contributed by atoms with Crippen LogP contribution in [0.5, 0.6) is 0 Å². The van der Waals surface area contributed by atoms with E-state index in [0.717, 1.165) is 12.1 Å².